The number of cyclic esters (lactones) is 1. The highest BCUT2D eigenvalue weighted by Crippen LogP contribution is 2.28. The van der Waals surface area contributed by atoms with E-state index in [1.807, 2.05) is 30.3 Å². The molecule has 0 aliphatic carbocycles. The Hall–Kier alpha value is -1.88. The van der Waals surface area contributed by atoms with Gasteiger partial charge in [0.2, 0.25) is 0 Å². The normalized spacial score (nSPS) is 28.8. The highest BCUT2D eigenvalue weighted by molar-refractivity contribution is 5.80. The molecular formula is C16H21NO4. The number of rotatable bonds is 4. The third kappa shape index (κ3) is 3.42. The fourth-order valence-electron chi connectivity index (χ4n) is 2.72. The summed E-state index contributed by atoms with van der Waals surface area (Å²) in [6, 6.07) is 9.55. The van der Waals surface area contributed by atoms with Crippen molar-refractivity contribution in [3.63, 3.8) is 0 Å². The fourth-order valence-corrected chi connectivity index (χ4v) is 2.72. The summed E-state index contributed by atoms with van der Waals surface area (Å²) in [6.07, 6.45) is -0.491. The van der Waals surface area contributed by atoms with E-state index in [1.54, 1.807) is 13.8 Å². The Labute approximate surface area is 124 Å². The molecule has 0 saturated carbocycles. The number of nitrogens with one attached hydrogen (secondary N) is 1. The van der Waals surface area contributed by atoms with Crippen LogP contribution in [0.2, 0.25) is 0 Å². The van der Waals surface area contributed by atoms with E-state index in [1.165, 1.54) is 7.11 Å². The first-order valence-corrected chi connectivity index (χ1v) is 7.10. The standard InChI is InChI=1S/C16H21NO4/c1-10-14(17-9-12-7-5-4-6-8-12)13(16(19)20-3)11(2)21-15(10)18/h4-8,10-11,13-14,17H,9H2,1-3H3. The van der Waals surface area contributed by atoms with Crippen molar-refractivity contribution in [2.24, 2.45) is 11.8 Å². The summed E-state index contributed by atoms with van der Waals surface area (Å²) in [7, 11) is 1.35. The minimum atomic E-state index is -0.494. The molecule has 5 nitrogen and oxygen atoms in total. The van der Waals surface area contributed by atoms with Gasteiger partial charge in [-0.05, 0) is 12.5 Å². The van der Waals surface area contributed by atoms with E-state index in [0.717, 1.165) is 5.56 Å². The largest absolute Gasteiger partial charge is 0.469 e. The number of esters is 2. The molecule has 1 aromatic rings. The zero-order valence-corrected chi connectivity index (χ0v) is 12.5. The van der Waals surface area contributed by atoms with Crippen LogP contribution in [-0.4, -0.2) is 31.2 Å². The number of benzene rings is 1. The summed E-state index contributed by atoms with van der Waals surface area (Å²) in [5.74, 6) is -1.53. The Balaban J connectivity index is 2.14. The summed E-state index contributed by atoms with van der Waals surface area (Å²) in [5.41, 5.74) is 1.10. The molecule has 4 atom stereocenters. The van der Waals surface area contributed by atoms with E-state index in [9.17, 15) is 9.59 Å². The average molecular weight is 291 g/mol. The molecule has 1 heterocycles. The van der Waals surface area contributed by atoms with Crippen LogP contribution in [0.5, 0.6) is 0 Å². The zero-order chi connectivity index (χ0) is 15.4. The van der Waals surface area contributed by atoms with E-state index in [4.69, 9.17) is 9.47 Å². The number of methoxy groups -OCH3 is 1. The maximum atomic E-state index is 12.0. The van der Waals surface area contributed by atoms with Crippen LogP contribution in [0.3, 0.4) is 0 Å². The van der Waals surface area contributed by atoms with Gasteiger partial charge in [0.1, 0.15) is 12.0 Å². The number of hydrogen-bond acceptors (Lipinski definition) is 5. The van der Waals surface area contributed by atoms with Gasteiger partial charge in [0.05, 0.1) is 13.0 Å². The van der Waals surface area contributed by atoms with Gasteiger partial charge in [-0.3, -0.25) is 9.59 Å². The van der Waals surface area contributed by atoms with Crippen LogP contribution in [0.25, 0.3) is 0 Å². The van der Waals surface area contributed by atoms with Crippen molar-refractivity contribution in [2.75, 3.05) is 7.11 Å². The van der Waals surface area contributed by atoms with Crippen LogP contribution in [0, 0.1) is 11.8 Å². The molecular weight excluding hydrogens is 270 g/mol. The first-order valence-electron chi connectivity index (χ1n) is 7.10. The fraction of sp³-hybridized carbons (Fsp3) is 0.500. The first-order chi connectivity index (χ1) is 10.0. The van der Waals surface area contributed by atoms with Gasteiger partial charge in [-0.2, -0.15) is 0 Å². The maximum Gasteiger partial charge on any atom is 0.314 e. The van der Waals surface area contributed by atoms with Gasteiger partial charge in [0.15, 0.2) is 0 Å². The molecule has 1 aliphatic rings. The second-order valence-corrected chi connectivity index (χ2v) is 5.37. The van der Waals surface area contributed by atoms with Crippen LogP contribution in [-0.2, 0) is 25.6 Å². The molecule has 1 aromatic carbocycles. The zero-order valence-electron chi connectivity index (χ0n) is 12.5. The molecule has 1 saturated heterocycles. The van der Waals surface area contributed by atoms with Crippen molar-refractivity contribution in [1.29, 1.82) is 0 Å². The van der Waals surface area contributed by atoms with Crippen molar-refractivity contribution in [3.05, 3.63) is 35.9 Å². The molecule has 0 aromatic heterocycles. The molecule has 21 heavy (non-hydrogen) atoms. The highest BCUT2D eigenvalue weighted by atomic mass is 16.6. The lowest BCUT2D eigenvalue weighted by Crippen LogP contribution is -2.56. The van der Waals surface area contributed by atoms with Gasteiger partial charge in [-0.1, -0.05) is 37.3 Å². The van der Waals surface area contributed by atoms with E-state index in [-0.39, 0.29) is 18.0 Å². The average Bonchev–Trinajstić information content (AvgIpc) is 2.49. The van der Waals surface area contributed by atoms with Gasteiger partial charge in [0.25, 0.3) is 0 Å². The van der Waals surface area contributed by atoms with Crippen LogP contribution >= 0.6 is 0 Å². The van der Waals surface area contributed by atoms with E-state index in [0.29, 0.717) is 6.54 Å². The second kappa shape index (κ2) is 6.72. The third-order valence-corrected chi connectivity index (χ3v) is 3.96. The summed E-state index contributed by atoms with van der Waals surface area (Å²) in [6.45, 7) is 4.08. The van der Waals surface area contributed by atoms with Gasteiger partial charge in [-0.15, -0.1) is 0 Å². The van der Waals surface area contributed by atoms with Crippen molar-refractivity contribution in [3.8, 4) is 0 Å². The minimum absolute atomic E-state index is 0.284. The Morgan fingerprint density at radius 1 is 1.29 bits per heavy atom. The molecule has 5 heteroatoms. The SMILES string of the molecule is COC(=O)C1C(C)OC(=O)C(C)C1NCc1ccccc1. The minimum Gasteiger partial charge on any atom is -0.469 e. The van der Waals surface area contributed by atoms with E-state index >= 15 is 0 Å². The Kier molecular flexibility index (Phi) is 4.96. The molecule has 0 bridgehead atoms. The molecule has 1 fully saturated rings. The predicted octanol–water partition coefficient (Wildman–Crippen LogP) is 1.52. The Morgan fingerprint density at radius 2 is 1.95 bits per heavy atom. The summed E-state index contributed by atoms with van der Waals surface area (Å²) in [4.78, 5) is 23.9. The number of ether oxygens (including phenoxy) is 2. The lowest BCUT2D eigenvalue weighted by atomic mass is 9.83. The van der Waals surface area contributed by atoms with Crippen LogP contribution < -0.4 is 5.32 Å². The van der Waals surface area contributed by atoms with Crippen LogP contribution in [0.1, 0.15) is 19.4 Å². The summed E-state index contributed by atoms with van der Waals surface area (Å²) >= 11 is 0. The molecule has 1 aliphatic heterocycles. The molecule has 0 radical (unpaired) electrons. The summed E-state index contributed by atoms with van der Waals surface area (Å²) in [5, 5.41) is 3.31. The Morgan fingerprint density at radius 3 is 2.57 bits per heavy atom. The van der Waals surface area contributed by atoms with Crippen molar-refractivity contribution in [1.82, 2.24) is 5.32 Å². The Bertz CT molecular complexity index is 502. The van der Waals surface area contributed by atoms with Gasteiger partial charge in [0, 0.05) is 12.6 Å². The van der Waals surface area contributed by atoms with Crippen LogP contribution in [0.15, 0.2) is 30.3 Å². The lowest BCUT2D eigenvalue weighted by molar-refractivity contribution is -0.175. The maximum absolute atomic E-state index is 12.0. The van der Waals surface area contributed by atoms with Gasteiger partial charge < -0.3 is 14.8 Å². The van der Waals surface area contributed by atoms with Gasteiger partial charge >= 0.3 is 11.9 Å². The highest BCUT2D eigenvalue weighted by Gasteiger charge is 2.46. The third-order valence-electron chi connectivity index (χ3n) is 3.96. The molecule has 1 N–H and O–H groups in total. The molecule has 4 unspecified atom stereocenters. The van der Waals surface area contributed by atoms with Crippen molar-refractivity contribution in [2.45, 2.75) is 32.5 Å². The summed E-state index contributed by atoms with van der Waals surface area (Å²) < 4.78 is 10.1. The van der Waals surface area contributed by atoms with Crippen molar-refractivity contribution >= 4 is 11.9 Å². The topological polar surface area (TPSA) is 64.6 Å². The number of carbonyl (C=O) groups is 2. The van der Waals surface area contributed by atoms with E-state index < -0.39 is 17.9 Å². The molecule has 0 amide bonds. The molecule has 114 valence electrons. The molecule has 0 spiro atoms. The van der Waals surface area contributed by atoms with Gasteiger partial charge in [-0.25, -0.2) is 0 Å². The predicted molar refractivity (Wildman–Crippen MR) is 77.3 cm³/mol. The van der Waals surface area contributed by atoms with Crippen LogP contribution in [0.4, 0.5) is 0 Å². The first kappa shape index (κ1) is 15.5. The number of carbonyl (C=O) groups excluding carboxylic acids is 2. The van der Waals surface area contributed by atoms with Crippen molar-refractivity contribution < 1.29 is 19.1 Å². The quantitative estimate of drug-likeness (QED) is 0.852. The smallest absolute Gasteiger partial charge is 0.314 e. The second-order valence-electron chi connectivity index (χ2n) is 5.37. The lowest BCUT2D eigenvalue weighted by Gasteiger charge is -2.38. The van der Waals surface area contributed by atoms with E-state index in [2.05, 4.69) is 5.32 Å². The monoisotopic (exact) mass is 291 g/mol. The molecule has 2 rings (SSSR count). The number of hydrogen-bond donors (Lipinski definition) is 1.